The van der Waals surface area contributed by atoms with Gasteiger partial charge in [0.1, 0.15) is 11.5 Å². The zero-order valence-electron chi connectivity index (χ0n) is 19.4. The summed E-state index contributed by atoms with van der Waals surface area (Å²) in [5, 5.41) is 2.99. The van der Waals surface area contributed by atoms with Gasteiger partial charge in [0.15, 0.2) is 11.5 Å². The van der Waals surface area contributed by atoms with Crippen molar-refractivity contribution in [1.82, 2.24) is 0 Å². The molecule has 0 fully saturated rings. The Kier molecular flexibility index (Phi) is 5.55. The summed E-state index contributed by atoms with van der Waals surface area (Å²) in [7, 11) is 0. The molecule has 5 rings (SSSR count). The van der Waals surface area contributed by atoms with Gasteiger partial charge in [-0.1, -0.05) is 43.3 Å². The summed E-state index contributed by atoms with van der Waals surface area (Å²) in [5.41, 5.74) is 5.27. The molecule has 0 saturated heterocycles. The third-order valence-electron chi connectivity index (χ3n) is 6.01. The molecular weight excluding hydrogens is 452 g/mol. The number of ether oxygens (including phenoxy) is 2. The number of rotatable bonds is 5. The minimum absolute atomic E-state index is 0.00400. The zero-order valence-corrected chi connectivity index (χ0v) is 19.4. The maximum Gasteiger partial charge on any atom is 0.586 e. The van der Waals surface area contributed by atoms with Gasteiger partial charge in [-0.2, -0.15) is 0 Å². The molecule has 0 saturated carbocycles. The van der Waals surface area contributed by atoms with Crippen LogP contribution in [0.4, 0.5) is 14.5 Å². The van der Waals surface area contributed by atoms with Gasteiger partial charge in [-0.05, 0) is 72.9 Å². The molecule has 3 aromatic carbocycles. The summed E-state index contributed by atoms with van der Waals surface area (Å²) >= 11 is 0. The Labute approximate surface area is 201 Å². The van der Waals surface area contributed by atoms with Crippen molar-refractivity contribution in [2.45, 2.75) is 33.5 Å². The molecule has 0 aliphatic carbocycles. The molecule has 1 N–H and O–H groups in total. The van der Waals surface area contributed by atoms with Crippen molar-refractivity contribution in [3.8, 4) is 33.9 Å². The van der Waals surface area contributed by atoms with Crippen molar-refractivity contribution >= 4 is 11.6 Å². The molecule has 1 aliphatic heterocycles. The van der Waals surface area contributed by atoms with Gasteiger partial charge in [0.05, 0.1) is 5.56 Å². The van der Waals surface area contributed by atoms with E-state index in [2.05, 4.69) is 14.8 Å². The van der Waals surface area contributed by atoms with Gasteiger partial charge in [-0.3, -0.25) is 4.79 Å². The Morgan fingerprint density at radius 1 is 0.914 bits per heavy atom. The van der Waals surface area contributed by atoms with E-state index in [0.29, 0.717) is 29.2 Å². The fraction of sp³-hybridized carbons (Fsp3) is 0.179. The molecular formula is C28H23F2NO4. The van der Waals surface area contributed by atoms with Gasteiger partial charge in [0.2, 0.25) is 0 Å². The Hall–Kier alpha value is -4.13. The molecule has 4 aromatic rings. The van der Waals surface area contributed by atoms with Crippen LogP contribution in [0.15, 0.2) is 71.1 Å². The lowest BCUT2D eigenvalue weighted by molar-refractivity contribution is -0.286. The fourth-order valence-corrected chi connectivity index (χ4v) is 4.23. The number of fused-ring (bicyclic) bond motifs is 1. The normalized spacial score (nSPS) is 13.6. The smallest absolute Gasteiger partial charge is 0.461 e. The summed E-state index contributed by atoms with van der Waals surface area (Å²) < 4.78 is 41.9. The minimum atomic E-state index is -3.66. The highest BCUT2D eigenvalue weighted by molar-refractivity contribution is 6.06. The summed E-state index contributed by atoms with van der Waals surface area (Å²) in [5.74, 6) is 0.904. The monoisotopic (exact) mass is 475 g/mol. The number of hydrogen-bond donors (Lipinski definition) is 1. The van der Waals surface area contributed by atoms with E-state index in [1.54, 1.807) is 25.1 Å². The molecule has 0 radical (unpaired) electrons. The van der Waals surface area contributed by atoms with Gasteiger partial charge in [-0.15, -0.1) is 8.78 Å². The number of halogens is 2. The van der Waals surface area contributed by atoms with E-state index >= 15 is 0 Å². The van der Waals surface area contributed by atoms with Crippen LogP contribution in [-0.2, 0) is 6.42 Å². The molecule has 1 aromatic heterocycles. The molecule has 0 bridgehead atoms. The van der Waals surface area contributed by atoms with Gasteiger partial charge in [0.25, 0.3) is 5.91 Å². The molecule has 1 aliphatic rings. The van der Waals surface area contributed by atoms with Gasteiger partial charge in [0, 0.05) is 11.3 Å². The van der Waals surface area contributed by atoms with Crippen LogP contribution in [0.5, 0.6) is 11.5 Å². The Morgan fingerprint density at radius 2 is 1.63 bits per heavy atom. The molecule has 178 valence electrons. The maximum atomic E-state index is 13.5. The lowest BCUT2D eigenvalue weighted by Gasteiger charge is -2.13. The van der Waals surface area contributed by atoms with Crippen molar-refractivity contribution < 1.29 is 27.5 Å². The fourth-order valence-electron chi connectivity index (χ4n) is 4.23. The van der Waals surface area contributed by atoms with Crippen molar-refractivity contribution in [1.29, 1.82) is 0 Å². The highest BCUT2D eigenvalue weighted by atomic mass is 19.3. The second-order valence-corrected chi connectivity index (χ2v) is 8.41. The van der Waals surface area contributed by atoms with Gasteiger partial charge < -0.3 is 19.2 Å². The van der Waals surface area contributed by atoms with Crippen LogP contribution >= 0.6 is 0 Å². The number of carbonyl (C=O) groups is 1. The quantitative estimate of drug-likeness (QED) is 0.327. The Bertz CT molecular complexity index is 1430. The molecule has 1 amide bonds. The number of benzene rings is 3. The number of alkyl halides is 2. The lowest BCUT2D eigenvalue weighted by Crippen LogP contribution is -2.25. The van der Waals surface area contributed by atoms with E-state index < -0.39 is 6.29 Å². The standard InChI is InChI=1S/C28H23F2NO4/c1-4-18-13-20(21-14-26-25(12-16(21)2)34-28(29,30)35-26)10-11-23(18)31-27(32)22-15-24(33-17(22)3)19-8-6-5-7-9-19/h5-15H,4H2,1-3H3,(H,31,32). The third kappa shape index (κ3) is 4.37. The number of carbonyl (C=O) groups excluding carboxylic acids is 1. The first-order chi connectivity index (χ1) is 16.7. The lowest BCUT2D eigenvalue weighted by atomic mass is 9.96. The largest absolute Gasteiger partial charge is 0.586 e. The summed E-state index contributed by atoms with van der Waals surface area (Å²) in [6, 6.07) is 20.0. The number of aryl methyl sites for hydroxylation is 3. The van der Waals surface area contributed by atoms with E-state index in [9.17, 15) is 13.6 Å². The average molecular weight is 475 g/mol. The predicted molar refractivity (Wildman–Crippen MR) is 129 cm³/mol. The van der Waals surface area contributed by atoms with Gasteiger partial charge in [-0.25, -0.2) is 0 Å². The molecule has 0 unspecified atom stereocenters. The van der Waals surface area contributed by atoms with E-state index in [4.69, 9.17) is 4.42 Å². The van der Waals surface area contributed by atoms with Crippen LogP contribution < -0.4 is 14.8 Å². The molecule has 0 spiro atoms. The van der Waals surface area contributed by atoms with Gasteiger partial charge >= 0.3 is 6.29 Å². The molecule has 7 heteroatoms. The van der Waals surface area contributed by atoms with E-state index in [1.807, 2.05) is 62.4 Å². The Morgan fingerprint density at radius 3 is 2.34 bits per heavy atom. The minimum Gasteiger partial charge on any atom is -0.461 e. The Balaban J connectivity index is 1.42. The molecule has 5 nitrogen and oxygen atoms in total. The first-order valence-corrected chi connectivity index (χ1v) is 11.2. The second kappa shape index (κ2) is 8.58. The summed E-state index contributed by atoms with van der Waals surface area (Å²) in [6.45, 7) is 5.57. The van der Waals surface area contributed by atoms with E-state index in [-0.39, 0.29) is 17.4 Å². The highest BCUT2D eigenvalue weighted by Gasteiger charge is 2.43. The number of amides is 1. The van der Waals surface area contributed by atoms with Crippen molar-refractivity contribution in [3.05, 3.63) is 89.2 Å². The topological polar surface area (TPSA) is 60.7 Å². The van der Waals surface area contributed by atoms with Crippen molar-refractivity contribution in [2.75, 3.05) is 5.32 Å². The van der Waals surface area contributed by atoms with Crippen LogP contribution in [0.1, 0.15) is 34.2 Å². The zero-order chi connectivity index (χ0) is 24.7. The van der Waals surface area contributed by atoms with E-state index in [1.165, 1.54) is 0 Å². The number of anilines is 1. The molecule has 35 heavy (non-hydrogen) atoms. The molecule has 0 atom stereocenters. The summed E-state index contributed by atoms with van der Waals surface area (Å²) in [6.07, 6.45) is -3.01. The molecule has 2 heterocycles. The number of hydrogen-bond acceptors (Lipinski definition) is 4. The van der Waals surface area contributed by atoms with E-state index in [0.717, 1.165) is 27.8 Å². The van der Waals surface area contributed by atoms with Crippen LogP contribution in [0, 0.1) is 13.8 Å². The third-order valence-corrected chi connectivity index (χ3v) is 6.01. The highest BCUT2D eigenvalue weighted by Crippen LogP contribution is 2.44. The van der Waals surface area contributed by atoms with Crippen LogP contribution in [-0.4, -0.2) is 12.2 Å². The first kappa shape index (κ1) is 22.7. The summed E-state index contributed by atoms with van der Waals surface area (Å²) in [4.78, 5) is 13.1. The SMILES string of the molecule is CCc1cc(-c2cc3c(cc2C)OC(F)(F)O3)ccc1NC(=O)c1cc(-c2ccccc2)oc1C. The maximum absolute atomic E-state index is 13.5. The average Bonchev–Trinajstić information content (AvgIpc) is 3.37. The predicted octanol–water partition coefficient (Wildman–Crippen LogP) is 7.37. The van der Waals surface area contributed by atoms with Crippen LogP contribution in [0.2, 0.25) is 0 Å². The van der Waals surface area contributed by atoms with Crippen molar-refractivity contribution in [2.24, 2.45) is 0 Å². The number of nitrogens with one attached hydrogen (secondary N) is 1. The number of furan rings is 1. The first-order valence-electron chi connectivity index (χ1n) is 11.2. The van der Waals surface area contributed by atoms with Crippen LogP contribution in [0.3, 0.4) is 0 Å². The second-order valence-electron chi connectivity index (χ2n) is 8.41. The van der Waals surface area contributed by atoms with Crippen LogP contribution in [0.25, 0.3) is 22.5 Å². The van der Waals surface area contributed by atoms with Crippen molar-refractivity contribution in [3.63, 3.8) is 0 Å².